The van der Waals surface area contributed by atoms with Gasteiger partial charge in [0.25, 0.3) is 0 Å². The summed E-state index contributed by atoms with van der Waals surface area (Å²) in [5.74, 6) is -1.85. The van der Waals surface area contributed by atoms with Crippen molar-refractivity contribution >= 4 is 17.8 Å². The molecule has 8 nitrogen and oxygen atoms in total. The minimum atomic E-state index is -1.32. The first-order valence-electron chi connectivity index (χ1n) is 12.5. The Morgan fingerprint density at radius 2 is 1.45 bits per heavy atom. The Bertz CT molecular complexity index is 1300. The first-order chi connectivity index (χ1) is 18.5. The minimum Gasteiger partial charge on any atom is -0.480 e. The number of aromatic amines is 1. The van der Waals surface area contributed by atoms with Gasteiger partial charge in [0, 0.05) is 24.7 Å². The summed E-state index contributed by atoms with van der Waals surface area (Å²) in [4.78, 5) is 48.3. The fraction of sp³-hybridized carbons (Fsp3) is 0.200. The molecule has 0 saturated carbocycles. The van der Waals surface area contributed by atoms with Crippen molar-refractivity contribution in [2.75, 3.05) is 0 Å². The van der Waals surface area contributed by atoms with E-state index in [0.29, 0.717) is 12.1 Å². The molecule has 4 aromatic rings. The summed E-state index contributed by atoms with van der Waals surface area (Å²) in [6.45, 7) is 0. The average molecular weight is 509 g/mol. The van der Waals surface area contributed by atoms with Crippen LogP contribution in [-0.4, -0.2) is 49.8 Å². The number of hydrogen-bond donors (Lipinski definition) is 3. The van der Waals surface area contributed by atoms with Crippen LogP contribution in [0.15, 0.2) is 104 Å². The van der Waals surface area contributed by atoms with Crippen LogP contribution < -0.4 is 5.32 Å². The van der Waals surface area contributed by atoms with Crippen molar-refractivity contribution in [3.63, 3.8) is 0 Å². The number of carbonyl (C=O) groups excluding carboxylic acids is 2. The number of carboxylic acids is 1. The molecule has 0 spiro atoms. The standard InChI is InChI=1S/C30H28N4O4/c35-27-17-16-25(33-27)28(36)34(26(29(37)38)18-24-19-31-20-32-24)30(21-10-4-1-5-11-21,22-12-6-2-7-13-22)23-14-8-3-9-15-23/h1-15,19-20,25-26H,16-18H2,(H,31,32)(H,33,35)(H,37,38)/t25-,26-/m0/s1. The molecule has 0 bridgehead atoms. The second-order valence-corrected chi connectivity index (χ2v) is 9.31. The molecule has 2 atom stereocenters. The molecule has 5 rings (SSSR count). The van der Waals surface area contributed by atoms with Gasteiger partial charge in [0.15, 0.2) is 0 Å². The van der Waals surface area contributed by atoms with Gasteiger partial charge in [0.2, 0.25) is 11.8 Å². The number of H-pyrrole nitrogens is 1. The smallest absolute Gasteiger partial charge is 0.326 e. The normalized spacial score (nSPS) is 16.0. The zero-order valence-corrected chi connectivity index (χ0v) is 20.7. The quantitative estimate of drug-likeness (QED) is 0.299. The lowest BCUT2D eigenvalue weighted by molar-refractivity contribution is -0.155. The Kier molecular flexibility index (Phi) is 7.04. The van der Waals surface area contributed by atoms with Crippen LogP contribution >= 0.6 is 0 Å². The van der Waals surface area contributed by atoms with E-state index in [4.69, 9.17) is 0 Å². The van der Waals surface area contributed by atoms with Crippen LogP contribution in [0.1, 0.15) is 35.2 Å². The van der Waals surface area contributed by atoms with Gasteiger partial charge in [-0.15, -0.1) is 0 Å². The van der Waals surface area contributed by atoms with Crippen molar-refractivity contribution in [3.05, 3.63) is 126 Å². The van der Waals surface area contributed by atoms with E-state index in [1.54, 1.807) is 6.20 Å². The zero-order chi connectivity index (χ0) is 26.5. The molecule has 2 amide bonds. The largest absolute Gasteiger partial charge is 0.480 e. The van der Waals surface area contributed by atoms with E-state index < -0.39 is 29.5 Å². The molecule has 192 valence electrons. The highest BCUT2D eigenvalue weighted by Crippen LogP contribution is 2.44. The van der Waals surface area contributed by atoms with Gasteiger partial charge in [-0.1, -0.05) is 91.0 Å². The van der Waals surface area contributed by atoms with E-state index in [1.807, 2.05) is 91.0 Å². The van der Waals surface area contributed by atoms with Crippen LogP contribution in [0, 0.1) is 0 Å². The van der Waals surface area contributed by atoms with Gasteiger partial charge in [-0.2, -0.15) is 0 Å². The van der Waals surface area contributed by atoms with E-state index in [2.05, 4.69) is 15.3 Å². The molecule has 0 radical (unpaired) electrons. The third kappa shape index (κ3) is 4.56. The number of hydrogen-bond acceptors (Lipinski definition) is 4. The van der Waals surface area contributed by atoms with E-state index in [-0.39, 0.29) is 18.7 Å². The topological polar surface area (TPSA) is 115 Å². The van der Waals surface area contributed by atoms with Crippen molar-refractivity contribution < 1.29 is 19.5 Å². The van der Waals surface area contributed by atoms with Crippen molar-refractivity contribution in [2.45, 2.75) is 36.9 Å². The van der Waals surface area contributed by atoms with Crippen LogP contribution in [0.5, 0.6) is 0 Å². The van der Waals surface area contributed by atoms with Crippen molar-refractivity contribution in [1.82, 2.24) is 20.2 Å². The number of benzene rings is 3. The summed E-state index contributed by atoms with van der Waals surface area (Å²) in [6, 6.07) is 26.2. The monoisotopic (exact) mass is 508 g/mol. The number of rotatable bonds is 9. The van der Waals surface area contributed by atoms with Crippen LogP contribution in [0.4, 0.5) is 0 Å². The number of amides is 2. The Morgan fingerprint density at radius 1 is 0.921 bits per heavy atom. The molecule has 38 heavy (non-hydrogen) atoms. The molecule has 0 unspecified atom stereocenters. The molecule has 0 aliphatic carbocycles. The van der Waals surface area contributed by atoms with Gasteiger partial charge < -0.3 is 20.3 Å². The summed E-state index contributed by atoms with van der Waals surface area (Å²) in [7, 11) is 0. The lowest BCUT2D eigenvalue weighted by Gasteiger charge is -2.48. The lowest BCUT2D eigenvalue weighted by Crippen LogP contribution is -2.62. The summed E-state index contributed by atoms with van der Waals surface area (Å²) >= 11 is 0. The molecule has 1 fully saturated rings. The molecule has 1 saturated heterocycles. The van der Waals surface area contributed by atoms with Gasteiger partial charge in [0.05, 0.1) is 6.33 Å². The predicted octanol–water partition coefficient (Wildman–Crippen LogP) is 3.50. The third-order valence-electron chi connectivity index (χ3n) is 7.03. The number of nitrogens with zero attached hydrogens (tertiary/aromatic N) is 2. The Balaban J connectivity index is 1.84. The number of imidazole rings is 1. The van der Waals surface area contributed by atoms with Gasteiger partial charge in [-0.25, -0.2) is 9.78 Å². The van der Waals surface area contributed by atoms with E-state index in [9.17, 15) is 19.5 Å². The maximum absolute atomic E-state index is 14.6. The summed E-state index contributed by atoms with van der Waals surface area (Å²) in [5.41, 5.74) is 1.44. The van der Waals surface area contributed by atoms with E-state index in [1.165, 1.54) is 11.2 Å². The average Bonchev–Trinajstić information content (AvgIpc) is 3.63. The molecule has 1 aliphatic heterocycles. The van der Waals surface area contributed by atoms with Crippen molar-refractivity contribution in [3.8, 4) is 0 Å². The number of nitrogens with one attached hydrogen (secondary N) is 2. The maximum Gasteiger partial charge on any atom is 0.326 e. The first kappa shape index (κ1) is 25.0. The molecule has 3 aromatic carbocycles. The van der Waals surface area contributed by atoms with Crippen LogP contribution in [0.3, 0.4) is 0 Å². The highest BCUT2D eigenvalue weighted by molar-refractivity contribution is 5.94. The molecule has 2 heterocycles. The number of carboxylic acid groups (broad SMARTS) is 1. The van der Waals surface area contributed by atoms with E-state index >= 15 is 0 Å². The predicted molar refractivity (Wildman–Crippen MR) is 141 cm³/mol. The molecule has 8 heteroatoms. The maximum atomic E-state index is 14.6. The fourth-order valence-corrected chi connectivity index (χ4v) is 5.37. The second-order valence-electron chi connectivity index (χ2n) is 9.31. The second kappa shape index (κ2) is 10.7. The summed E-state index contributed by atoms with van der Waals surface area (Å²) < 4.78 is 0. The van der Waals surface area contributed by atoms with E-state index in [0.717, 1.165) is 16.7 Å². The van der Waals surface area contributed by atoms with Crippen LogP contribution in [0.25, 0.3) is 0 Å². The SMILES string of the molecule is O=C1CC[C@@H](C(=O)N([C@@H](Cc2cnc[nH]2)C(=O)O)C(c2ccccc2)(c2ccccc2)c2ccccc2)N1. The van der Waals surface area contributed by atoms with Gasteiger partial charge in [0.1, 0.15) is 17.6 Å². The van der Waals surface area contributed by atoms with Crippen LogP contribution in [-0.2, 0) is 26.3 Å². The first-order valence-corrected chi connectivity index (χ1v) is 12.5. The summed E-state index contributed by atoms with van der Waals surface area (Å²) in [5, 5.41) is 13.4. The summed E-state index contributed by atoms with van der Waals surface area (Å²) in [6.07, 6.45) is 3.54. The van der Waals surface area contributed by atoms with Gasteiger partial charge in [-0.05, 0) is 23.1 Å². The lowest BCUT2D eigenvalue weighted by atomic mass is 9.74. The molecule has 1 aliphatic rings. The number of aromatic nitrogens is 2. The molecule has 3 N–H and O–H groups in total. The zero-order valence-electron chi connectivity index (χ0n) is 20.7. The Labute approximate surface area is 220 Å². The minimum absolute atomic E-state index is 0.00398. The molecular weight excluding hydrogens is 480 g/mol. The highest BCUT2D eigenvalue weighted by Gasteiger charge is 2.51. The van der Waals surface area contributed by atoms with Crippen molar-refractivity contribution in [1.29, 1.82) is 0 Å². The van der Waals surface area contributed by atoms with Crippen LogP contribution in [0.2, 0.25) is 0 Å². The fourth-order valence-electron chi connectivity index (χ4n) is 5.37. The van der Waals surface area contributed by atoms with Gasteiger partial charge >= 0.3 is 5.97 Å². The molecular formula is C30H28N4O4. The number of carbonyl (C=O) groups is 3. The molecule has 1 aromatic heterocycles. The Morgan fingerprint density at radius 3 is 1.84 bits per heavy atom. The van der Waals surface area contributed by atoms with Gasteiger partial charge in [-0.3, -0.25) is 9.59 Å². The Hall–Kier alpha value is -4.72. The third-order valence-corrected chi connectivity index (χ3v) is 7.03. The number of aliphatic carboxylic acids is 1. The highest BCUT2D eigenvalue weighted by atomic mass is 16.4. The van der Waals surface area contributed by atoms with Crippen molar-refractivity contribution in [2.24, 2.45) is 0 Å².